The van der Waals surface area contributed by atoms with Crippen LogP contribution in [0.5, 0.6) is 0 Å². The summed E-state index contributed by atoms with van der Waals surface area (Å²) in [6, 6.07) is 10.3. The number of sulfonamides is 1. The van der Waals surface area contributed by atoms with Crippen molar-refractivity contribution in [2.45, 2.75) is 13.0 Å². The van der Waals surface area contributed by atoms with Crippen LogP contribution in [0, 0.1) is 12.7 Å². The molecule has 2 N–H and O–H groups in total. The highest BCUT2D eigenvalue weighted by Gasteiger charge is 2.24. The molecule has 3 rings (SSSR count). The van der Waals surface area contributed by atoms with Gasteiger partial charge in [-0.3, -0.25) is 4.79 Å². The van der Waals surface area contributed by atoms with E-state index in [2.05, 4.69) is 10.0 Å². The van der Waals surface area contributed by atoms with Crippen molar-refractivity contribution < 1.29 is 22.3 Å². The molecule has 0 aliphatic carbocycles. The summed E-state index contributed by atoms with van der Waals surface area (Å²) in [5.41, 5.74) is 2.10. The molecular formula is C20H22ClFN2O4S. The third kappa shape index (κ3) is 5.83. The standard InChI is InChI=1S/C20H22ClFN2O4S/c1-13-3-2-4-14(7-13)15-8-17(20(22)18(21)9-15)19(25)11-24-29(26,27)12-16-10-23-5-6-28-16/h2-4,7-9,16,23-24H,5-6,10-12H2,1H3. The molecule has 1 heterocycles. The Kier molecular flexibility index (Phi) is 7.02. The fourth-order valence-corrected chi connectivity index (χ4v) is 4.48. The molecule has 9 heteroatoms. The van der Waals surface area contributed by atoms with Gasteiger partial charge in [-0.15, -0.1) is 0 Å². The highest BCUT2D eigenvalue weighted by Crippen LogP contribution is 2.28. The molecule has 2 aromatic carbocycles. The van der Waals surface area contributed by atoms with Gasteiger partial charge in [-0.05, 0) is 30.2 Å². The number of Topliss-reactive ketones (excluding diaryl/α,β-unsaturated/α-hetero) is 1. The molecule has 0 saturated carbocycles. The van der Waals surface area contributed by atoms with E-state index in [1.165, 1.54) is 12.1 Å². The summed E-state index contributed by atoms with van der Waals surface area (Å²) in [5.74, 6) is -1.85. The summed E-state index contributed by atoms with van der Waals surface area (Å²) >= 11 is 5.98. The van der Waals surface area contributed by atoms with E-state index < -0.39 is 34.3 Å². The van der Waals surface area contributed by atoms with Crippen molar-refractivity contribution in [3.63, 3.8) is 0 Å². The Bertz CT molecular complexity index is 1010. The van der Waals surface area contributed by atoms with Crippen molar-refractivity contribution >= 4 is 27.4 Å². The van der Waals surface area contributed by atoms with Crippen LogP contribution in [0.2, 0.25) is 5.02 Å². The molecule has 0 aromatic heterocycles. The van der Waals surface area contributed by atoms with E-state index in [-0.39, 0.29) is 16.3 Å². The van der Waals surface area contributed by atoms with E-state index in [1.54, 1.807) is 0 Å². The lowest BCUT2D eigenvalue weighted by molar-refractivity contribution is 0.0429. The second-order valence-electron chi connectivity index (χ2n) is 6.91. The predicted octanol–water partition coefficient (Wildman–Crippen LogP) is 2.55. The molecule has 29 heavy (non-hydrogen) atoms. The van der Waals surface area contributed by atoms with Crippen molar-refractivity contribution in [1.82, 2.24) is 10.0 Å². The van der Waals surface area contributed by atoms with E-state index in [0.717, 1.165) is 11.1 Å². The van der Waals surface area contributed by atoms with Gasteiger partial charge in [0.2, 0.25) is 10.0 Å². The van der Waals surface area contributed by atoms with Gasteiger partial charge >= 0.3 is 0 Å². The van der Waals surface area contributed by atoms with Gasteiger partial charge in [0.15, 0.2) is 11.6 Å². The molecule has 1 fully saturated rings. The van der Waals surface area contributed by atoms with E-state index in [9.17, 15) is 17.6 Å². The molecule has 1 aliphatic heterocycles. The quantitative estimate of drug-likeness (QED) is 0.646. The van der Waals surface area contributed by atoms with Crippen LogP contribution in [0.15, 0.2) is 36.4 Å². The number of hydrogen-bond donors (Lipinski definition) is 2. The Morgan fingerprint density at radius 2 is 2.10 bits per heavy atom. The molecule has 1 saturated heterocycles. The molecular weight excluding hydrogens is 419 g/mol. The average Bonchev–Trinajstić information content (AvgIpc) is 2.68. The zero-order valence-corrected chi connectivity index (χ0v) is 17.4. The van der Waals surface area contributed by atoms with Crippen LogP contribution in [-0.2, 0) is 14.8 Å². The minimum absolute atomic E-state index is 0.197. The Morgan fingerprint density at radius 3 is 2.79 bits per heavy atom. The Morgan fingerprint density at radius 1 is 1.31 bits per heavy atom. The van der Waals surface area contributed by atoms with Gasteiger partial charge < -0.3 is 10.1 Å². The summed E-state index contributed by atoms with van der Waals surface area (Å²) in [6.07, 6.45) is -0.493. The van der Waals surface area contributed by atoms with Crippen LogP contribution in [0.25, 0.3) is 11.1 Å². The number of nitrogens with one attached hydrogen (secondary N) is 2. The summed E-state index contributed by atoms with van der Waals surface area (Å²) in [6.45, 7) is 2.86. The smallest absolute Gasteiger partial charge is 0.214 e. The van der Waals surface area contributed by atoms with Gasteiger partial charge in [0.05, 0.1) is 35.6 Å². The molecule has 0 radical (unpaired) electrons. The lowest BCUT2D eigenvalue weighted by Gasteiger charge is -2.23. The summed E-state index contributed by atoms with van der Waals surface area (Å²) in [5, 5.41) is 2.84. The first-order chi connectivity index (χ1) is 13.7. The molecule has 0 amide bonds. The number of halogens is 2. The van der Waals surface area contributed by atoms with Crippen LogP contribution in [-0.4, -0.2) is 52.3 Å². The highest BCUT2D eigenvalue weighted by atomic mass is 35.5. The first-order valence-electron chi connectivity index (χ1n) is 9.14. The minimum atomic E-state index is -3.77. The third-order valence-corrected chi connectivity index (χ3v) is 6.21. The average molecular weight is 441 g/mol. The number of morpholine rings is 1. The lowest BCUT2D eigenvalue weighted by Crippen LogP contribution is -2.45. The molecule has 1 unspecified atom stereocenters. The number of aryl methyl sites for hydroxylation is 1. The van der Waals surface area contributed by atoms with Crippen molar-refractivity contribution in [2.24, 2.45) is 0 Å². The zero-order chi connectivity index (χ0) is 21.0. The number of ketones is 1. The number of rotatable bonds is 7. The Balaban J connectivity index is 1.74. The number of carbonyl (C=O) groups excluding carboxylic acids is 1. The molecule has 6 nitrogen and oxygen atoms in total. The van der Waals surface area contributed by atoms with Gasteiger partial charge in [-0.1, -0.05) is 41.4 Å². The fourth-order valence-electron chi connectivity index (χ4n) is 3.08. The maximum atomic E-state index is 14.5. The van der Waals surface area contributed by atoms with Crippen molar-refractivity contribution in [1.29, 1.82) is 0 Å². The minimum Gasteiger partial charge on any atom is -0.374 e. The number of carbonyl (C=O) groups is 1. The van der Waals surface area contributed by atoms with E-state index in [0.29, 0.717) is 25.3 Å². The molecule has 1 atom stereocenters. The monoisotopic (exact) mass is 440 g/mol. The van der Waals surface area contributed by atoms with E-state index >= 15 is 0 Å². The highest BCUT2D eigenvalue weighted by molar-refractivity contribution is 7.89. The fraction of sp³-hybridized carbons (Fsp3) is 0.350. The number of benzene rings is 2. The largest absolute Gasteiger partial charge is 0.374 e. The first kappa shape index (κ1) is 21.9. The van der Waals surface area contributed by atoms with Gasteiger partial charge in [0.1, 0.15) is 0 Å². The van der Waals surface area contributed by atoms with Crippen LogP contribution in [0.4, 0.5) is 4.39 Å². The van der Waals surface area contributed by atoms with Crippen molar-refractivity contribution in [3.8, 4) is 11.1 Å². The number of ether oxygens (including phenoxy) is 1. The van der Waals surface area contributed by atoms with Gasteiger partial charge in [0.25, 0.3) is 0 Å². The normalized spacial score (nSPS) is 17.3. The SMILES string of the molecule is Cc1cccc(-c2cc(Cl)c(F)c(C(=O)CNS(=O)(=O)CC3CNCCO3)c2)c1. The molecule has 0 spiro atoms. The number of hydrogen-bond acceptors (Lipinski definition) is 5. The maximum absolute atomic E-state index is 14.5. The van der Waals surface area contributed by atoms with E-state index in [1.807, 2.05) is 31.2 Å². The molecule has 2 aromatic rings. The maximum Gasteiger partial charge on any atom is 0.214 e. The van der Waals surface area contributed by atoms with Crippen molar-refractivity contribution in [3.05, 3.63) is 58.4 Å². The van der Waals surface area contributed by atoms with Crippen LogP contribution in [0.1, 0.15) is 15.9 Å². The van der Waals surface area contributed by atoms with Gasteiger partial charge in [-0.2, -0.15) is 0 Å². The van der Waals surface area contributed by atoms with Gasteiger partial charge in [0, 0.05) is 13.1 Å². The first-order valence-corrected chi connectivity index (χ1v) is 11.2. The van der Waals surface area contributed by atoms with Crippen LogP contribution < -0.4 is 10.0 Å². The van der Waals surface area contributed by atoms with E-state index in [4.69, 9.17) is 16.3 Å². The topological polar surface area (TPSA) is 84.5 Å². The third-order valence-electron chi connectivity index (χ3n) is 4.54. The summed E-state index contributed by atoms with van der Waals surface area (Å²) in [7, 11) is -3.77. The lowest BCUT2D eigenvalue weighted by atomic mass is 9.99. The second kappa shape index (κ2) is 9.32. The molecule has 0 bridgehead atoms. The Labute approximate surface area is 174 Å². The molecule has 156 valence electrons. The zero-order valence-electron chi connectivity index (χ0n) is 15.9. The second-order valence-corrected chi connectivity index (χ2v) is 9.17. The predicted molar refractivity (Wildman–Crippen MR) is 110 cm³/mol. The Hall–Kier alpha value is -1.84. The summed E-state index contributed by atoms with van der Waals surface area (Å²) in [4.78, 5) is 12.5. The van der Waals surface area contributed by atoms with Gasteiger partial charge in [-0.25, -0.2) is 17.5 Å². The van der Waals surface area contributed by atoms with Crippen molar-refractivity contribution in [2.75, 3.05) is 32.0 Å². The van der Waals surface area contributed by atoms with Crippen LogP contribution in [0.3, 0.4) is 0 Å². The molecule has 1 aliphatic rings. The summed E-state index contributed by atoms with van der Waals surface area (Å²) < 4.78 is 46.5. The van der Waals surface area contributed by atoms with Crippen LogP contribution >= 0.6 is 11.6 Å².